The molecule has 0 amide bonds. The van der Waals surface area contributed by atoms with E-state index >= 15 is 0 Å². The average Bonchev–Trinajstić information content (AvgIpc) is 2.49. The first-order valence-electron chi connectivity index (χ1n) is 4.06. The second kappa shape index (κ2) is 2.59. The van der Waals surface area contributed by atoms with E-state index < -0.39 is 0 Å². The van der Waals surface area contributed by atoms with Crippen LogP contribution in [-0.2, 0) is 0 Å². The molecule has 2 heterocycles. The Balaban J connectivity index is 2.73. The molecule has 0 aliphatic heterocycles. The summed E-state index contributed by atoms with van der Waals surface area (Å²) in [7, 11) is 0. The maximum Gasteiger partial charge on any atom is 0.0848 e. The van der Waals surface area contributed by atoms with Gasteiger partial charge in [0, 0.05) is 6.20 Å². The van der Waals surface area contributed by atoms with Gasteiger partial charge in [0.1, 0.15) is 0 Å². The molecular weight excluding hydrogens is 150 g/mol. The first kappa shape index (κ1) is 7.28. The Kier molecular flexibility index (Phi) is 1.57. The highest BCUT2D eigenvalue weighted by molar-refractivity contribution is 5.43. The fourth-order valence-electron chi connectivity index (χ4n) is 1.27. The lowest BCUT2D eigenvalue weighted by Gasteiger charge is -2.06. The van der Waals surface area contributed by atoms with E-state index in [0.29, 0.717) is 5.92 Å². The lowest BCUT2D eigenvalue weighted by atomic mass is 10.1. The van der Waals surface area contributed by atoms with Crippen molar-refractivity contribution in [1.29, 1.82) is 0 Å². The summed E-state index contributed by atoms with van der Waals surface area (Å²) in [6.07, 6.45) is 5.48. The molecule has 0 saturated heterocycles. The predicted octanol–water partition coefficient (Wildman–Crippen LogP) is 1.85. The molecule has 12 heavy (non-hydrogen) atoms. The van der Waals surface area contributed by atoms with E-state index in [9.17, 15) is 0 Å². The van der Waals surface area contributed by atoms with Gasteiger partial charge in [-0.05, 0) is 12.0 Å². The smallest absolute Gasteiger partial charge is 0.0848 e. The van der Waals surface area contributed by atoms with E-state index in [1.807, 2.05) is 23.0 Å². The predicted molar refractivity (Wildman–Crippen MR) is 47.1 cm³/mol. The number of fused-ring (bicyclic) bond motifs is 1. The largest absolute Gasteiger partial charge is 0.261 e. The third-order valence-corrected chi connectivity index (χ3v) is 1.92. The van der Waals surface area contributed by atoms with Crippen molar-refractivity contribution in [2.75, 3.05) is 0 Å². The van der Waals surface area contributed by atoms with E-state index in [1.54, 1.807) is 6.20 Å². The Morgan fingerprint density at radius 3 is 2.92 bits per heavy atom. The molecule has 0 bridgehead atoms. The third-order valence-electron chi connectivity index (χ3n) is 1.92. The fourth-order valence-corrected chi connectivity index (χ4v) is 1.27. The summed E-state index contributed by atoms with van der Waals surface area (Å²) >= 11 is 0. The first-order chi connectivity index (χ1) is 5.79. The third kappa shape index (κ3) is 0.978. The molecule has 0 spiro atoms. The summed E-state index contributed by atoms with van der Waals surface area (Å²) in [6, 6.07) is 1.96. The molecule has 2 aromatic heterocycles. The van der Waals surface area contributed by atoms with Crippen molar-refractivity contribution in [2.24, 2.45) is 0 Å². The minimum atomic E-state index is 0.459. The Bertz CT molecular complexity index is 389. The van der Waals surface area contributed by atoms with Gasteiger partial charge in [-0.15, -0.1) is 0 Å². The van der Waals surface area contributed by atoms with Gasteiger partial charge in [0.05, 0.1) is 23.6 Å². The summed E-state index contributed by atoms with van der Waals surface area (Å²) in [5, 5.41) is 4.22. The van der Waals surface area contributed by atoms with Crippen molar-refractivity contribution in [3.63, 3.8) is 0 Å². The number of hydrogen-bond acceptors (Lipinski definition) is 2. The SMILES string of the molecule is CC(C)c1cncc2ccnn12. The molecule has 0 radical (unpaired) electrons. The lowest BCUT2D eigenvalue weighted by molar-refractivity contribution is 0.748. The zero-order valence-corrected chi connectivity index (χ0v) is 7.23. The van der Waals surface area contributed by atoms with Crippen LogP contribution in [0.15, 0.2) is 24.7 Å². The highest BCUT2D eigenvalue weighted by atomic mass is 15.2. The topological polar surface area (TPSA) is 30.2 Å². The van der Waals surface area contributed by atoms with Crippen molar-refractivity contribution in [3.8, 4) is 0 Å². The average molecular weight is 161 g/mol. The van der Waals surface area contributed by atoms with Gasteiger partial charge in [-0.3, -0.25) is 4.98 Å². The molecule has 0 fully saturated rings. The van der Waals surface area contributed by atoms with Gasteiger partial charge < -0.3 is 0 Å². The minimum Gasteiger partial charge on any atom is -0.261 e. The van der Waals surface area contributed by atoms with E-state index in [1.165, 1.54) is 0 Å². The maximum atomic E-state index is 4.22. The number of nitrogens with zero attached hydrogens (tertiary/aromatic N) is 3. The molecule has 3 heteroatoms. The Morgan fingerprint density at radius 1 is 1.33 bits per heavy atom. The summed E-state index contributed by atoms with van der Waals surface area (Å²) in [6.45, 7) is 4.27. The summed E-state index contributed by atoms with van der Waals surface area (Å²) < 4.78 is 1.93. The van der Waals surface area contributed by atoms with Crippen LogP contribution in [-0.4, -0.2) is 14.6 Å². The van der Waals surface area contributed by atoms with Gasteiger partial charge in [0.15, 0.2) is 0 Å². The van der Waals surface area contributed by atoms with Gasteiger partial charge in [-0.2, -0.15) is 5.10 Å². The minimum absolute atomic E-state index is 0.459. The van der Waals surface area contributed by atoms with Crippen LogP contribution in [0.2, 0.25) is 0 Å². The summed E-state index contributed by atoms with van der Waals surface area (Å²) in [5.74, 6) is 0.459. The number of rotatable bonds is 1. The lowest BCUT2D eigenvalue weighted by Crippen LogP contribution is -2.00. The molecule has 3 nitrogen and oxygen atoms in total. The standard InChI is InChI=1S/C9H11N3/c1-7(2)9-6-10-5-8-3-4-11-12(8)9/h3-7H,1-2H3. The van der Waals surface area contributed by atoms with Crippen LogP contribution in [0.3, 0.4) is 0 Å². The molecule has 0 saturated carbocycles. The second-order valence-electron chi connectivity index (χ2n) is 3.15. The molecular formula is C9H11N3. The number of hydrogen-bond donors (Lipinski definition) is 0. The van der Waals surface area contributed by atoms with Crippen LogP contribution < -0.4 is 0 Å². The molecule has 0 aromatic carbocycles. The van der Waals surface area contributed by atoms with Crippen LogP contribution in [0.5, 0.6) is 0 Å². The molecule has 0 atom stereocenters. The second-order valence-corrected chi connectivity index (χ2v) is 3.15. The maximum absolute atomic E-state index is 4.22. The van der Waals surface area contributed by atoms with E-state index in [0.717, 1.165) is 11.2 Å². The molecule has 2 rings (SSSR count). The van der Waals surface area contributed by atoms with Crippen molar-refractivity contribution >= 4 is 5.52 Å². The first-order valence-corrected chi connectivity index (χ1v) is 4.06. The van der Waals surface area contributed by atoms with Gasteiger partial charge in [-0.1, -0.05) is 13.8 Å². The number of aromatic nitrogens is 3. The van der Waals surface area contributed by atoms with Crippen molar-refractivity contribution in [1.82, 2.24) is 14.6 Å². The molecule has 0 N–H and O–H groups in total. The van der Waals surface area contributed by atoms with Gasteiger partial charge in [-0.25, -0.2) is 4.52 Å². The molecule has 0 aliphatic carbocycles. The Hall–Kier alpha value is -1.38. The summed E-state index contributed by atoms with van der Waals surface area (Å²) in [5.41, 5.74) is 2.21. The van der Waals surface area contributed by atoms with Crippen molar-refractivity contribution in [3.05, 3.63) is 30.4 Å². The zero-order valence-electron chi connectivity index (χ0n) is 7.23. The van der Waals surface area contributed by atoms with Crippen LogP contribution in [0.1, 0.15) is 25.5 Å². The van der Waals surface area contributed by atoms with Gasteiger partial charge >= 0.3 is 0 Å². The van der Waals surface area contributed by atoms with Crippen LogP contribution in [0.25, 0.3) is 5.52 Å². The highest BCUT2D eigenvalue weighted by Crippen LogP contribution is 2.13. The van der Waals surface area contributed by atoms with E-state index in [4.69, 9.17) is 0 Å². The summed E-state index contributed by atoms with van der Waals surface area (Å²) in [4.78, 5) is 4.15. The normalized spacial score (nSPS) is 11.2. The molecule has 2 aromatic rings. The zero-order chi connectivity index (χ0) is 8.55. The van der Waals surface area contributed by atoms with Crippen LogP contribution in [0, 0.1) is 0 Å². The van der Waals surface area contributed by atoms with Gasteiger partial charge in [0.25, 0.3) is 0 Å². The Labute approximate surface area is 71.1 Å². The van der Waals surface area contributed by atoms with Gasteiger partial charge in [0.2, 0.25) is 0 Å². The highest BCUT2D eigenvalue weighted by Gasteiger charge is 2.04. The van der Waals surface area contributed by atoms with Crippen molar-refractivity contribution in [2.45, 2.75) is 19.8 Å². The fraction of sp³-hybridized carbons (Fsp3) is 0.333. The monoisotopic (exact) mass is 161 g/mol. The van der Waals surface area contributed by atoms with Crippen molar-refractivity contribution < 1.29 is 0 Å². The molecule has 0 unspecified atom stereocenters. The quantitative estimate of drug-likeness (QED) is 0.639. The molecule has 0 aliphatic rings. The van der Waals surface area contributed by atoms with Crippen LogP contribution in [0.4, 0.5) is 0 Å². The van der Waals surface area contributed by atoms with E-state index in [-0.39, 0.29) is 0 Å². The molecule has 62 valence electrons. The van der Waals surface area contributed by atoms with E-state index in [2.05, 4.69) is 23.9 Å². The van der Waals surface area contributed by atoms with Crippen LogP contribution >= 0.6 is 0 Å². The Morgan fingerprint density at radius 2 is 2.17 bits per heavy atom.